The Morgan fingerprint density at radius 2 is 1.96 bits per heavy atom. The average Bonchev–Trinajstić information content (AvgIpc) is 3.31. The van der Waals surface area contributed by atoms with Crippen molar-refractivity contribution in [2.24, 2.45) is 23.0 Å². The van der Waals surface area contributed by atoms with E-state index in [-0.39, 0.29) is 36.2 Å². The molecule has 1 spiro atoms. The standard InChI is InChI=1S/C19H32N4O3.ClH/c1-12-7-17(2,3)10-19(8-12)15(25)23(16(26)22-19)9-14(24)21-18(4,11-20)13-5-6-13;/h12-13H,5-11,20H2,1-4H3,(H,21,24)(H,22,26);1H. The number of carbonyl (C=O) groups is 3. The molecule has 0 aromatic rings. The molecule has 3 rings (SSSR count). The summed E-state index contributed by atoms with van der Waals surface area (Å²) in [5, 5.41) is 5.86. The van der Waals surface area contributed by atoms with Gasteiger partial charge >= 0.3 is 6.03 Å². The van der Waals surface area contributed by atoms with Gasteiger partial charge in [0.1, 0.15) is 12.1 Å². The monoisotopic (exact) mass is 400 g/mol. The van der Waals surface area contributed by atoms with Gasteiger partial charge in [0.25, 0.3) is 5.91 Å². The summed E-state index contributed by atoms with van der Waals surface area (Å²) in [6.45, 7) is 8.40. The first-order chi connectivity index (χ1) is 12.0. The summed E-state index contributed by atoms with van der Waals surface area (Å²) in [5.41, 5.74) is 4.48. The van der Waals surface area contributed by atoms with Crippen LogP contribution in [0.1, 0.15) is 59.8 Å². The molecule has 1 aliphatic heterocycles. The van der Waals surface area contributed by atoms with Crippen molar-refractivity contribution in [1.82, 2.24) is 15.5 Å². The van der Waals surface area contributed by atoms with Gasteiger partial charge < -0.3 is 16.4 Å². The van der Waals surface area contributed by atoms with Crippen LogP contribution in [0.2, 0.25) is 0 Å². The molecule has 3 fully saturated rings. The van der Waals surface area contributed by atoms with E-state index in [2.05, 4.69) is 31.4 Å². The van der Waals surface area contributed by atoms with Gasteiger partial charge in [0.05, 0.1) is 5.54 Å². The van der Waals surface area contributed by atoms with E-state index < -0.39 is 17.1 Å². The van der Waals surface area contributed by atoms with Crippen molar-refractivity contribution in [3.8, 4) is 0 Å². The van der Waals surface area contributed by atoms with Crippen molar-refractivity contribution in [3.05, 3.63) is 0 Å². The van der Waals surface area contributed by atoms with Crippen molar-refractivity contribution in [2.75, 3.05) is 13.1 Å². The number of rotatable bonds is 5. The molecule has 7 nitrogen and oxygen atoms in total. The number of halogens is 1. The van der Waals surface area contributed by atoms with Gasteiger partial charge in [0.15, 0.2) is 0 Å². The molecule has 4 amide bonds. The number of imide groups is 1. The van der Waals surface area contributed by atoms with Crippen LogP contribution in [0.25, 0.3) is 0 Å². The van der Waals surface area contributed by atoms with E-state index in [9.17, 15) is 14.4 Å². The number of nitrogens with zero attached hydrogens (tertiary/aromatic N) is 1. The third-order valence-electron chi connectivity index (χ3n) is 6.25. The SMILES string of the molecule is CC1CC(C)(C)CC2(C1)NC(=O)N(CC(=O)NC(C)(CN)C1CC1)C2=O.Cl. The van der Waals surface area contributed by atoms with Crippen LogP contribution >= 0.6 is 12.4 Å². The number of hydrogen-bond donors (Lipinski definition) is 3. The average molecular weight is 401 g/mol. The number of carbonyl (C=O) groups excluding carboxylic acids is 3. The lowest BCUT2D eigenvalue weighted by molar-refractivity contribution is -0.138. The summed E-state index contributed by atoms with van der Waals surface area (Å²) in [4.78, 5) is 39.2. The second-order valence-electron chi connectivity index (χ2n) is 9.70. The molecular weight excluding hydrogens is 368 g/mol. The normalized spacial score (nSPS) is 31.9. The maximum Gasteiger partial charge on any atom is 0.325 e. The van der Waals surface area contributed by atoms with E-state index in [4.69, 9.17) is 5.73 Å². The van der Waals surface area contributed by atoms with Crippen LogP contribution in [0.5, 0.6) is 0 Å². The van der Waals surface area contributed by atoms with Crippen LogP contribution in [0.15, 0.2) is 0 Å². The molecule has 3 atom stereocenters. The largest absolute Gasteiger partial charge is 0.348 e. The van der Waals surface area contributed by atoms with E-state index in [1.807, 2.05) is 6.92 Å². The summed E-state index contributed by atoms with van der Waals surface area (Å²) in [6.07, 6.45) is 4.35. The summed E-state index contributed by atoms with van der Waals surface area (Å²) in [5.74, 6) is 0.129. The second kappa shape index (κ2) is 7.24. The van der Waals surface area contributed by atoms with E-state index in [1.165, 1.54) is 0 Å². The molecule has 1 heterocycles. The van der Waals surface area contributed by atoms with Crippen molar-refractivity contribution in [3.63, 3.8) is 0 Å². The van der Waals surface area contributed by atoms with Crippen molar-refractivity contribution in [2.45, 2.75) is 70.9 Å². The number of nitrogens with two attached hydrogens (primary N) is 1. The Morgan fingerprint density at radius 1 is 1.33 bits per heavy atom. The first kappa shape index (κ1) is 22.0. The van der Waals surface area contributed by atoms with Crippen LogP contribution in [0.4, 0.5) is 4.79 Å². The van der Waals surface area contributed by atoms with E-state index in [1.54, 1.807) is 0 Å². The van der Waals surface area contributed by atoms with Crippen molar-refractivity contribution < 1.29 is 14.4 Å². The first-order valence-corrected chi connectivity index (χ1v) is 9.65. The lowest BCUT2D eigenvalue weighted by Gasteiger charge is -2.43. The highest BCUT2D eigenvalue weighted by Crippen LogP contribution is 2.46. The van der Waals surface area contributed by atoms with Crippen LogP contribution < -0.4 is 16.4 Å². The zero-order valence-corrected chi connectivity index (χ0v) is 17.6. The predicted molar refractivity (Wildman–Crippen MR) is 105 cm³/mol. The van der Waals surface area contributed by atoms with Gasteiger partial charge in [0.2, 0.25) is 5.91 Å². The van der Waals surface area contributed by atoms with Gasteiger partial charge in [-0.15, -0.1) is 12.4 Å². The molecule has 1 saturated heterocycles. The summed E-state index contributed by atoms with van der Waals surface area (Å²) >= 11 is 0. The van der Waals surface area contributed by atoms with Crippen molar-refractivity contribution in [1.29, 1.82) is 0 Å². The van der Waals surface area contributed by atoms with Gasteiger partial charge in [-0.2, -0.15) is 0 Å². The summed E-state index contributed by atoms with van der Waals surface area (Å²) < 4.78 is 0. The Morgan fingerprint density at radius 3 is 2.48 bits per heavy atom. The van der Waals surface area contributed by atoms with Gasteiger partial charge in [-0.05, 0) is 56.3 Å². The Balaban J connectivity index is 0.00000261. The molecule has 0 bridgehead atoms. The molecule has 0 radical (unpaired) electrons. The summed E-state index contributed by atoms with van der Waals surface area (Å²) in [7, 11) is 0. The Labute approximate surface area is 167 Å². The van der Waals surface area contributed by atoms with Gasteiger partial charge in [0, 0.05) is 6.54 Å². The number of nitrogens with one attached hydrogen (secondary N) is 2. The molecule has 2 aliphatic carbocycles. The topological polar surface area (TPSA) is 105 Å². The highest BCUT2D eigenvalue weighted by Gasteiger charge is 2.56. The fourth-order valence-electron chi connectivity index (χ4n) is 5.19. The third kappa shape index (κ3) is 4.24. The third-order valence-corrected chi connectivity index (χ3v) is 6.25. The lowest BCUT2D eigenvalue weighted by atomic mass is 9.64. The quantitative estimate of drug-likeness (QED) is 0.612. The van der Waals surface area contributed by atoms with Gasteiger partial charge in [-0.25, -0.2) is 4.79 Å². The van der Waals surface area contributed by atoms with Crippen LogP contribution in [-0.2, 0) is 9.59 Å². The van der Waals surface area contributed by atoms with Crippen LogP contribution in [-0.4, -0.2) is 46.9 Å². The number of amides is 4. The molecule has 4 N–H and O–H groups in total. The Hall–Kier alpha value is -1.34. The number of hydrogen-bond acceptors (Lipinski definition) is 4. The highest BCUT2D eigenvalue weighted by molar-refractivity contribution is 6.09. The fraction of sp³-hybridized carbons (Fsp3) is 0.842. The molecule has 27 heavy (non-hydrogen) atoms. The van der Waals surface area contributed by atoms with Gasteiger partial charge in [-0.1, -0.05) is 20.8 Å². The molecule has 0 aromatic carbocycles. The van der Waals surface area contributed by atoms with E-state index in [0.29, 0.717) is 31.2 Å². The minimum Gasteiger partial charge on any atom is -0.348 e. The molecular formula is C19H33ClN4O3. The second-order valence-corrected chi connectivity index (χ2v) is 9.70. The predicted octanol–water partition coefficient (Wildman–Crippen LogP) is 1.79. The van der Waals surface area contributed by atoms with Crippen LogP contribution in [0.3, 0.4) is 0 Å². The maximum absolute atomic E-state index is 13.1. The maximum atomic E-state index is 13.1. The Bertz CT molecular complexity index is 636. The van der Waals surface area contributed by atoms with Crippen molar-refractivity contribution >= 4 is 30.3 Å². The minimum atomic E-state index is -0.869. The molecule has 8 heteroatoms. The lowest BCUT2D eigenvalue weighted by Crippen LogP contribution is -2.56. The van der Waals surface area contributed by atoms with Crippen LogP contribution in [0, 0.1) is 17.3 Å². The molecule has 3 unspecified atom stereocenters. The highest BCUT2D eigenvalue weighted by atomic mass is 35.5. The smallest absolute Gasteiger partial charge is 0.325 e. The fourth-order valence-corrected chi connectivity index (χ4v) is 5.19. The molecule has 0 aromatic heterocycles. The zero-order valence-electron chi connectivity index (χ0n) is 16.8. The van der Waals surface area contributed by atoms with E-state index >= 15 is 0 Å². The summed E-state index contributed by atoms with van der Waals surface area (Å²) in [6, 6.07) is -0.462. The van der Waals surface area contributed by atoms with E-state index in [0.717, 1.165) is 24.2 Å². The number of urea groups is 1. The minimum absolute atomic E-state index is 0. The van der Waals surface area contributed by atoms with Gasteiger partial charge in [-0.3, -0.25) is 14.5 Å². The molecule has 2 saturated carbocycles. The first-order valence-electron chi connectivity index (χ1n) is 9.65. The molecule has 154 valence electrons. The zero-order chi connectivity index (χ0) is 19.3. The Kier molecular flexibility index (Phi) is 5.89. The molecule has 3 aliphatic rings.